The molecule has 0 aromatic heterocycles. The van der Waals surface area contributed by atoms with Gasteiger partial charge < -0.3 is 0 Å². The number of hydrogen-bond donors (Lipinski definition) is 0. The van der Waals surface area contributed by atoms with E-state index in [0.29, 0.717) is 11.7 Å². The van der Waals surface area contributed by atoms with Crippen LogP contribution in [-0.4, -0.2) is 10.6 Å². The van der Waals surface area contributed by atoms with Crippen LogP contribution in [0.3, 0.4) is 0 Å². The Kier molecular flexibility index (Phi) is 2.20. The highest BCUT2D eigenvalue weighted by Crippen LogP contribution is 2.45. The highest BCUT2D eigenvalue weighted by Gasteiger charge is 2.42. The normalized spacial score (nSPS) is 40.9. The molecule has 2 saturated carbocycles. The first kappa shape index (κ1) is 8.28. The van der Waals surface area contributed by atoms with Gasteiger partial charge in [-0.2, -0.15) is 0 Å². The summed E-state index contributed by atoms with van der Waals surface area (Å²) >= 11 is 0. The molecule has 0 spiro atoms. The summed E-state index contributed by atoms with van der Waals surface area (Å²) < 4.78 is 0. The Hall–Kier alpha value is -0.330. The molecule has 0 aliphatic heterocycles. The summed E-state index contributed by atoms with van der Waals surface area (Å²) in [6, 6.07) is 0. The second-order valence-electron chi connectivity index (χ2n) is 4.55. The molecule has 0 amide bonds. The lowest BCUT2D eigenvalue weighted by Crippen LogP contribution is -2.21. The Morgan fingerprint density at radius 1 is 1.00 bits per heavy atom. The van der Waals surface area contributed by atoms with Crippen LogP contribution in [0.5, 0.6) is 0 Å². The first-order valence-electron chi connectivity index (χ1n) is 5.31. The molecule has 1 heteroatoms. The van der Waals surface area contributed by atoms with Crippen LogP contribution in [0.1, 0.15) is 45.4 Å². The quantitative estimate of drug-likeness (QED) is 0.536. The number of rotatable bonds is 1. The molecule has 0 heterocycles. The molecule has 2 atom stereocenters. The van der Waals surface area contributed by atoms with Gasteiger partial charge in [-0.05, 0) is 37.5 Å². The minimum absolute atomic E-state index is 0.562. The first-order chi connectivity index (χ1) is 5.79. The van der Waals surface area contributed by atoms with Crippen molar-refractivity contribution < 1.29 is 4.79 Å². The van der Waals surface area contributed by atoms with Gasteiger partial charge in [-0.15, -0.1) is 0 Å². The van der Waals surface area contributed by atoms with Gasteiger partial charge in [0.25, 0.3) is 5.78 Å². The Bertz CT molecular complexity index is 171. The SMILES string of the molecule is CC(=[OH+])C1C2CCCCC1CC2. The highest BCUT2D eigenvalue weighted by atomic mass is 16.1. The third-order valence-electron chi connectivity index (χ3n) is 3.81. The fraction of sp³-hybridized carbons (Fsp3) is 0.909. The maximum atomic E-state index is 9.60. The molecule has 2 rings (SSSR count). The molecular weight excluding hydrogens is 148 g/mol. The van der Waals surface area contributed by atoms with E-state index >= 15 is 0 Å². The number of hydrogen-bond acceptors (Lipinski definition) is 0. The van der Waals surface area contributed by atoms with Crippen LogP contribution in [0.2, 0.25) is 0 Å². The van der Waals surface area contributed by atoms with E-state index in [4.69, 9.17) is 0 Å². The van der Waals surface area contributed by atoms with Crippen LogP contribution in [-0.2, 0) is 0 Å². The van der Waals surface area contributed by atoms with E-state index in [0.717, 1.165) is 11.8 Å². The van der Waals surface area contributed by atoms with Gasteiger partial charge in [0.15, 0.2) is 0 Å². The fourth-order valence-corrected chi connectivity index (χ4v) is 3.32. The van der Waals surface area contributed by atoms with Gasteiger partial charge in [-0.25, -0.2) is 0 Å². The predicted octanol–water partition coefficient (Wildman–Crippen LogP) is 2.77. The third kappa shape index (κ3) is 1.30. The zero-order valence-corrected chi connectivity index (χ0v) is 7.92. The summed E-state index contributed by atoms with van der Waals surface area (Å²) in [7, 11) is 0. The van der Waals surface area contributed by atoms with Crippen LogP contribution in [0.25, 0.3) is 0 Å². The molecule has 2 fully saturated rings. The molecule has 2 aliphatic carbocycles. The van der Waals surface area contributed by atoms with Crippen LogP contribution in [0.15, 0.2) is 0 Å². The van der Waals surface area contributed by atoms with Crippen molar-refractivity contribution in [2.24, 2.45) is 17.8 Å². The molecule has 2 aliphatic rings. The lowest BCUT2D eigenvalue weighted by Gasteiger charge is -2.14. The van der Waals surface area contributed by atoms with Gasteiger partial charge in [0.2, 0.25) is 0 Å². The average molecular weight is 167 g/mol. The van der Waals surface area contributed by atoms with E-state index in [-0.39, 0.29) is 0 Å². The van der Waals surface area contributed by atoms with E-state index < -0.39 is 0 Å². The summed E-state index contributed by atoms with van der Waals surface area (Å²) in [5.41, 5.74) is 0. The van der Waals surface area contributed by atoms with E-state index in [1.54, 1.807) is 0 Å². The molecular formula is C11H19O+. The van der Waals surface area contributed by atoms with Crippen LogP contribution in [0, 0.1) is 17.8 Å². The Balaban J connectivity index is 2.14. The minimum atomic E-state index is 0.562. The van der Waals surface area contributed by atoms with Crippen LogP contribution in [0.4, 0.5) is 0 Å². The second-order valence-corrected chi connectivity index (χ2v) is 4.55. The lowest BCUT2D eigenvalue weighted by molar-refractivity contribution is 0.388. The molecule has 1 nitrogen and oxygen atoms in total. The van der Waals surface area contributed by atoms with Crippen molar-refractivity contribution in [1.29, 1.82) is 0 Å². The van der Waals surface area contributed by atoms with Gasteiger partial charge in [0.05, 0.1) is 5.92 Å². The Labute approximate surface area is 74.5 Å². The summed E-state index contributed by atoms with van der Waals surface area (Å²) in [6.07, 6.45) is 8.24. The molecule has 0 radical (unpaired) electrons. The molecule has 0 saturated heterocycles. The smallest absolute Gasteiger partial charge is 0.284 e. The van der Waals surface area contributed by atoms with E-state index in [1.807, 2.05) is 6.92 Å². The van der Waals surface area contributed by atoms with Gasteiger partial charge in [-0.3, -0.25) is 4.79 Å². The summed E-state index contributed by atoms with van der Waals surface area (Å²) in [4.78, 5) is 9.60. The summed E-state index contributed by atoms with van der Waals surface area (Å²) in [6.45, 7) is 1.90. The van der Waals surface area contributed by atoms with E-state index in [9.17, 15) is 4.79 Å². The topological polar surface area (TPSA) is 21.4 Å². The molecule has 1 N–H and O–H groups in total. The van der Waals surface area contributed by atoms with Gasteiger partial charge in [0, 0.05) is 6.92 Å². The van der Waals surface area contributed by atoms with Crippen LogP contribution >= 0.6 is 0 Å². The highest BCUT2D eigenvalue weighted by molar-refractivity contribution is 5.80. The van der Waals surface area contributed by atoms with E-state index in [2.05, 4.69) is 0 Å². The molecule has 2 unspecified atom stereocenters. The minimum Gasteiger partial charge on any atom is -0.284 e. The summed E-state index contributed by atoms with van der Waals surface area (Å²) in [5.74, 6) is 2.92. The zero-order valence-electron chi connectivity index (χ0n) is 7.92. The maximum absolute atomic E-state index is 9.60. The zero-order chi connectivity index (χ0) is 8.55. The molecule has 68 valence electrons. The van der Waals surface area contributed by atoms with Crippen molar-refractivity contribution in [3.05, 3.63) is 0 Å². The van der Waals surface area contributed by atoms with Gasteiger partial charge >= 0.3 is 0 Å². The number of ketones is 1. The fourth-order valence-electron chi connectivity index (χ4n) is 3.32. The molecule has 0 aromatic carbocycles. The van der Waals surface area contributed by atoms with Crippen molar-refractivity contribution in [3.8, 4) is 0 Å². The standard InChI is InChI=1S/C11H18O/c1-8(12)11-9-4-2-3-5-10(11)7-6-9/h9-11H,2-7H2,1H3/p+1. The van der Waals surface area contributed by atoms with Crippen LogP contribution < -0.4 is 0 Å². The van der Waals surface area contributed by atoms with Gasteiger partial charge in [0.1, 0.15) is 0 Å². The van der Waals surface area contributed by atoms with E-state index in [1.165, 1.54) is 38.5 Å². The average Bonchev–Trinajstić information content (AvgIpc) is 2.24. The van der Waals surface area contributed by atoms with Gasteiger partial charge in [-0.1, -0.05) is 12.8 Å². The van der Waals surface area contributed by atoms with Crippen molar-refractivity contribution in [1.82, 2.24) is 0 Å². The third-order valence-corrected chi connectivity index (χ3v) is 3.81. The van der Waals surface area contributed by atoms with Crippen molar-refractivity contribution in [3.63, 3.8) is 0 Å². The predicted molar refractivity (Wildman–Crippen MR) is 50.8 cm³/mol. The molecule has 2 bridgehead atoms. The Morgan fingerprint density at radius 3 is 1.92 bits per heavy atom. The number of fused-ring (bicyclic) bond motifs is 2. The van der Waals surface area contributed by atoms with Crippen molar-refractivity contribution in [2.45, 2.75) is 45.4 Å². The largest absolute Gasteiger partial charge is 0.293 e. The monoisotopic (exact) mass is 167 g/mol. The van der Waals surface area contributed by atoms with Crippen molar-refractivity contribution >= 4 is 5.78 Å². The Morgan fingerprint density at radius 2 is 1.50 bits per heavy atom. The van der Waals surface area contributed by atoms with Crippen molar-refractivity contribution in [2.75, 3.05) is 0 Å². The molecule has 12 heavy (non-hydrogen) atoms. The first-order valence-corrected chi connectivity index (χ1v) is 5.31. The lowest BCUT2D eigenvalue weighted by atomic mass is 9.85. The molecule has 0 aromatic rings. The second kappa shape index (κ2) is 3.20. The number of carbonyl (C=O) groups excluding carboxylic acids is 1. The summed E-state index contributed by atoms with van der Waals surface area (Å²) in [5, 5.41) is 0. The maximum Gasteiger partial charge on any atom is 0.293 e.